The Bertz CT molecular complexity index is 997. The summed E-state index contributed by atoms with van der Waals surface area (Å²) in [6.45, 7) is 5.32. The molecule has 5 atom stereocenters. The minimum Gasteiger partial charge on any atom is -0.388 e. The van der Waals surface area contributed by atoms with Crippen LogP contribution in [0.15, 0.2) is 17.4 Å². The predicted molar refractivity (Wildman–Crippen MR) is 100.0 cm³/mol. The van der Waals surface area contributed by atoms with E-state index in [1.807, 2.05) is 0 Å². The van der Waals surface area contributed by atoms with Gasteiger partial charge in [0.15, 0.2) is 22.7 Å². The Morgan fingerprint density at radius 2 is 1.93 bits per heavy atom. The van der Waals surface area contributed by atoms with Crippen LogP contribution in [0.2, 0.25) is 0 Å². The molecule has 1 unspecified atom stereocenters. The van der Waals surface area contributed by atoms with E-state index in [-0.39, 0.29) is 17.6 Å². The van der Waals surface area contributed by atoms with Gasteiger partial charge in [-0.25, -0.2) is 9.97 Å². The number of aliphatic hydroxyl groups is 3. The van der Waals surface area contributed by atoms with Gasteiger partial charge in [-0.1, -0.05) is 0 Å². The highest BCUT2D eigenvalue weighted by Gasteiger charge is 2.49. The minimum absolute atomic E-state index is 0.0521. The number of aromatic amines is 1. The Balaban J connectivity index is 1.81. The number of nitrogens with zero attached hydrogens (tertiary/aromatic N) is 3. The predicted octanol–water partition coefficient (Wildman–Crippen LogP) is -0.162. The van der Waals surface area contributed by atoms with Crippen LogP contribution in [0.1, 0.15) is 40.3 Å². The third-order valence-electron chi connectivity index (χ3n) is 4.73. The lowest BCUT2D eigenvalue weighted by Gasteiger charge is -2.34. The van der Waals surface area contributed by atoms with Crippen LogP contribution >= 0.6 is 7.60 Å². The summed E-state index contributed by atoms with van der Waals surface area (Å²) in [7, 11) is -4.40. The van der Waals surface area contributed by atoms with Crippen LogP contribution in [-0.4, -0.2) is 69.0 Å². The van der Waals surface area contributed by atoms with Crippen LogP contribution in [0.25, 0.3) is 11.2 Å². The van der Waals surface area contributed by atoms with Crippen LogP contribution in [0.4, 0.5) is 0 Å². The van der Waals surface area contributed by atoms with E-state index in [1.54, 1.807) is 0 Å². The molecule has 0 radical (unpaired) electrons. The van der Waals surface area contributed by atoms with E-state index < -0.39 is 48.6 Å². The highest BCUT2D eigenvalue weighted by Crippen LogP contribution is 2.57. The first-order valence-electron chi connectivity index (χ1n) is 8.91. The van der Waals surface area contributed by atoms with Gasteiger partial charge >= 0.3 is 7.60 Å². The molecule has 13 heteroatoms. The molecule has 29 heavy (non-hydrogen) atoms. The normalized spacial score (nSPS) is 28.0. The Morgan fingerprint density at radius 1 is 1.28 bits per heavy atom. The molecule has 0 bridgehead atoms. The zero-order chi connectivity index (χ0) is 21.8. The highest BCUT2D eigenvalue weighted by molar-refractivity contribution is 7.54. The molecule has 1 aliphatic heterocycles. The molecule has 12 nitrogen and oxygen atoms in total. The maximum absolute atomic E-state index is 12.3. The Labute approximate surface area is 165 Å². The molecule has 5 N–H and O–H groups in total. The van der Waals surface area contributed by atoms with Gasteiger partial charge < -0.3 is 34.5 Å². The summed E-state index contributed by atoms with van der Waals surface area (Å²) in [6.07, 6.45) is -2.38. The molecule has 2 aromatic heterocycles. The van der Waals surface area contributed by atoms with Crippen molar-refractivity contribution in [1.82, 2.24) is 19.5 Å². The number of H-pyrrole nitrogens is 1. The SMILES string of the molecule is CC(C)(C[C@H]1O[C@@H](n2cnc3c(=O)[nH]cnc32)[C@H](O)[C@@H]1O)OP(=O)(O)C(C)(C)O. The fraction of sp³-hybridized carbons (Fsp3) is 0.688. The van der Waals surface area contributed by atoms with E-state index >= 15 is 0 Å². The summed E-state index contributed by atoms with van der Waals surface area (Å²) >= 11 is 0. The molecule has 0 spiro atoms. The lowest BCUT2D eigenvalue weighted by Crippen LogP contribution is -2.38. The zero-order valence-electron chi connectivity index (χ0n) is 16.4. The number of ether oxygens (including phenoxy) is 1. The van der Waals surface area contributed by atoms with E-state index in [1.165, 1.54) is 31.1 Å². The molecule has 0 amide bonds. The third-order valence-corrected chi connectivity index (χ3v) is 6.86. The molecule has 162 valence electrons. The summed E-state index contributed by atoms with van der Waals surface area (Å²) in [5.41, 5.74) is -1.52. The van der Waals surface area contributed by atoms with Crippen LogP contribution < -0.4 is 5.56 Å². The second kappa shape index (κ2) is 7.24. The van der Waals surface area contributed by atoms with Gasteiger partial charge in [-0.05, 0) is 27.7 Å². The number of fused-ring (bicyclic) bond motifs is 1. The van der Waals surface area contributed by atoms with Gasteiger partial charge in [-0.15, -0.1) is 0 Å². The number of aliphatic hydroxyl groups excluding tert-OH is 2. The van der Waals surface area contributed by atoms with Gasteiger partial charge in [-0.3, -0.25) is 13.9 Å². The average molecular weight is 432 g/mol. The molecule has 0 aromatic carbocycles. The summed E-state index contributed by atoms with van der Waals surface area (Å²) < 4.78 is 24.6. The van der Waals surface area contributed by atoms with E-state index in [0.717, 1.165) is 13.8 Å². The number of nitrogens with one attached hydrogen (secondary N) is 1. The van der Waals surface area contributed by atoms with Crippen LogP contribution in [-0.2, 0) is 13.8 Å². The van der Waals surface area contributed by atoms with Gasteiger partial charge in [0.25, 0.3) is 5.56 Å². The van der Waals surface area contributed by atoms with E-state index in [0.29, 0.717) is 0 Å². The first-order valence-corrected chi connectivity index (χ1v) is 10.5. The highest BCUT2D eigenvalue weighted by atomic mass is 31.2. The molecule has 1 saturated heterocycles. The Morgan fingerprint density at radius 3 is 2.55 bits per heavy atom. The largest absolute Gasteiger partial charge is 0.388 e. The van der Waals surface area contributed by atoms with Crippen molar-refractivity contribution in [3.8, 4) is 0 Å². The molecule has 3 heterocycles. The van der Waals surface area contributed by atoms with Gasteiger partial charge in [0.2, 0.25) is 0 Å². The van der Waals surface area contributed by atoms with Crippen molar-refractivity contribution < 1.29 is 34.0 Å². The maximum atomic E-state index is 12.3. The monoisotopic (exact) mass is 432 g/mol. The number of rotatable bonds is 6. The number of hydrogen-bond donors (Lipinski definition) is 5. The molecule has 3 rings (SSSR count). The van der Waals surface area contributed by atoms with Crippen molar-refractivity contribution in [2.45, 2.75) is 69.6 Å². The van der Waals surface area contributed by atoms with Gasteiger partial charge in [0, 0.05) is 6.42 Å². The van der Waals surface area contributed by atoms with Crippen molar-refractivity contribution in [1.29, 1.82) is 0 Å². The molecule has 0 aliphatic carbocycles. The standard InChI is InChI=1S/C16H25N4O8P/c1-15(2,28-29(25,26)16(3,4)24)5-8-10(21)11(22)14(27-8)20-7-19-9-12(20)17-6-18-13(9)23/h6-8,10-11,14,21-22,24H,5H2,1-4H3,(H,25,26)(H,17,18,23)/t8-,10-,11-,14-/m1/s1. The Hall–Kier alpha value is -1.66. The summed E-state index contributed by atoms with van der Waals surface area (Å²) in [4.78, 5) is 32.2. The molecule has 1 aliphatic rings. The zero-order valence-corrected chi connectivity index (χ0v) is 17.3. The van der Waals surface area contributed by atoms with E-state index in [2.05, 4.69) is 15.0 Å². The smallest absolute Gasteiger partial charge is 0.359 e. The summed E-state index contributed by atoms with van der Waals surface area (Å²) in [5.74, 6) is 0. The molecular weight excluding hydrogens is 407 g/mol. The van der Waals surface area contributed by atoms with Gasteiger partial charge in [0.05, 0.1) is 24.4 Å². The van der Waals surface area contributed by atoms with Crippen LogP contribution in [0, 0.1) is 0 Å². The fourth-order valence-electron chi connectivity index (χ4n) is 3.15. The number of imidazole rings is 1. The van der Waals surface area contributed by atoms with Crippen molar-refractivity contribution in [3.63, 3.8) is 0 Å². The second-order valence-electron chi connectivity index (χ2n) is 8.17. The van der Waals surface area contributed by atoms with Crippen molar-refractivity contribution in [2.24, 2.45) is 0 Å². The first kappa shape index (κ1) is 22.0. The minimum atomic E-state index is -4.40. The van der Waals surface area contributed by atoms with Crippen molar-refractivity contribution in [3.05, 3.63) is 23.0 Å². The summed E-state index contributed by atoms with van der Waals surface area (Å²) in [5, 5.41) is 28.8. The Kier molecular flexibility index (Phi) is 5.50. The quantitative estimate of drug-likeness (QED) is 0.385. The third kappa shape index (κ3) is 4.15. The first-order chi connectivity index (χ1) is 13.2. The van der Waals surface area contributed by atoms with Crippen LogP contribution in [0.3, 0.4) is 0 Å². The van der Waals surface area contributed by atoms with E-state index in [4.69, 9.17) is 9.26 Å². The molecule has 2 aromatic rings. The molecular formula is C16H25N4O8P. The fourth-order valence-corrected chi connectivity index (χ4v) is 4.11. The topological polar surface area (TPSA) is 180 Å². The van der Waals surface area contributed by atoms with Crippen LogP contribution in [0.5, 0.6) is 0 Å². The van der Waals surface area contributed by atoms with E-state index in [9.17, 15) is 29.6 Å². The lowest BCUT2D eigenvalue weighted by atomic mass is 9.97. The van der Waals surface area contributed by atoms with Crippen molar-refractivity contribution >= 4 is 18.8 Å². The molecule has 1 fully saturated rings. The van der Waals surface area contributed by atoms with Gasteiger partial charge in [0.1, 0.15) is 12.2 Å². The average Bonchev–Trinajstić information content (AvgIpc) is 3.10. The second-order valence-corrected chi connectivity index (χ2v) is 10.5. The summed E-state index contributed by atoms with van der Waals surface area (Å²) in [6, 6.07) is 0. The number of hydrogen-bond acceptors (Lipinski definition) is 9. The number of aromatic nitrogens is 4. The maximum Gasteiger partial charge on any atom is 0.359 e. The van der Waals surface area contributed by atoms with Crippen molar-refractivity contribution in [2.75, 3.05) is 0 Å². The van der Waals surface area contributed by atoms with Gasteiger partial charge in [-0.2, -0.15) is 0 Å². The lowest BCUT2D eigenvalue weighted by molar-refractivity contribution is -0.0631. The molecule has 0 saturated carbocycles.